The van der Waals surface area contributed by atoms with E-state index in [9.17, 15) is 9.00 Å². The largest absolute Gasteiger partial charge is 0.274 e. The average molecular weight is 213 g/mol. The van der Waals surface area contributed by atoms with Gasteiger partial charge in [0.2, 0.25) is 5.91 Å². The molecule has 0 radical (unpaired) electrons. The van der Waals surface area contributed by atoms with Gasteiger partial charge in [-0.1, -0.05) is 32.0 Å². The second-order valence-corrected chi connectivity index (χ2v) is 3.45. The van der Waals surface area contributed by atoms with Crippen LogP contribution in [0.5, 0.6) is 0 Å². The van der Waals surface area contributed by atoms with E-state index in [1.165, 1.54) is 6.92 Å². The van der Waals surface area contributed by atoms with Crippen molar-refractivity contribution in [2.24, 2.45) is 0 Å². The standard InChI is InChI=1S/C8H9NO2S.C2H6/c1-7(10)9-12(11)8-5-3-2-4-6-8;1-2/h2-6H,1H3,(H,9,10);1-2H3. The van der Waals surface area contributed by atoms with Crippen molar-refractivity contribution < 1.29 is 9.00 Å². The van der Waals surface area contributed by atoms with Crippen molar-refractivity contribution >= 4 is 16.9 Å². The van der Waals surface area contributed by atoms with E-state index < -0.39 is 11.0 Å². The number of hydrogen-bond donors (Lipinski definition) is 1. The molecule has 1 rings (SSSR count). The number of nitrogens with one attached hydrogen (secondary N) is 1. The Kier molecular flexibility index (Phi) is 6.66. The lowest BCUT2D eigenvalue weighted by molar-refractivity contribution is -0.117. The highest BCUT2D eigenvalue weighted by Gasteiger charge is 2.02. The molecule has 78 valence electrons. The predicted molar refractivity (Wildman–Crippen MR) is 58.0 cm³/mol. The first-order chi connectivity index (χ1) is 6.70. The normalized spacial score (nSPS) is 10.8. The van der Waals surface area contributed by atoms with Crippen molar-refractivity contribution in [2.45, 2.75) is 25.7 Å². The average Bonchev–Trinajstić information content (AvgIpc) is 2.21. The number of hydrogen-bond acceptors (Lipinski definition) is 2. The van der Waals surface area contributed by atoms with E-state index in [0.29, 0.717) is 4.90 Å². The lowest BCUT2D eigenvalue weighted by atomic mass is 10.4. The molecule has 0 saturated heterocycles. The van der Waals surface area contributed by atoms with Crippen LogP contribution in [-0.2, 0) is 15.8 Å². The zero-order valence-electron chi connectivity index (χ0n) is 8.61. The Hall–Kier alpha value is -1.16. The SMILES string of the molecule is CC.CC(=O)NS(=O)c1ccccc1. The molecule has 0 aromatic heterocycles. The molecule has 0 aliphatic carbocycles. The molecule has 1 aromatic carbocycles. The predicted octanol–water partition coefficient (Wildman–Crippen LogP) is 1.87. The summed E-state index contributed by atoms with van der Waals surface area (Å²) in [4.78, 5) is 11.1. The lowest BCUT2D eigenvalue weighted by Gasteiger charge is -2.00. The number of carbonyl (C=O) groups excluding carboxylic acids is 1. The number of benzene rings is 1. The van der Waals surface area contributed by atoms with Crippen molar-refractivity contribution in [3.63, 3.8) is 0 Å². The first kappa shape index (κ1) is 12.8. The first-order valence-corrected chi connectivity index (χ1v) is 5.59. The molecule has 0 aliphatic rings. The second-order valence-electron chi connectivity index (χ2n) is 2.24. The Bertz CT molecular complexity index is 298. The third-order valence-electron chi connectivity index (χ3n) is 1.19. The Morgan fingerprint density at radius 2 is 1.71 bits per heavy atom. The zero-order chi connectivity index (χ0) is 11.0. The molecule has 0 fully saturated rings. The first-order valence-electron chi connectivity index (χ1n) is 4.44. The van der Waals surface area contributed by atoms with Gasteiger partial charge in [-0.2, -0.15) is 0 Å². The molecular weight excluding hydrogens is 198 g/mol. The zero-order valence-corrected chi connectivity index (χ0v) is 9.43. The summed E-state index contributed by atoms with van der Waals surface area (Å²) in [5, 5.41) is 0. The summed E-state index contributed by atoms with van der Waals surface area (Å²) in [5.41, 5.74) is 0. The van der Waals surface area contributed by atoms with Crippen LogP contribution in [0.15, 0.2) is 35.2 Å². The highest BCUT2D eigenvalue weighted by atomic mass is 32.2. The van der Waals surface area contributed by atoms with Gasteiger partial charge in [-0.3, -0.25) is 9.52 Å². The maximum absolute atomic E-state index is 11.2. The minimum Gasteiger partial charge on any atom is -0.274 e. The smallest absolute Gasteiger partial charge is 0.228 e. The highest BCUT2D eigenvalue weighted by molar-refractivity contribution is 7.83. The van der Waals surface area contributed by atoms with Gasteiger partial charge in [0.15, 0.2) is 11.0 Å². The molecule has 0 aliphatic heterocycles. The molecule has 14 heavy (non-hydrogen) atoms. The van der Waals surface area contributed by atoms with Crippen LogP contribution in [0.25, 0.3) is 0 Å². The number of amides is 1. The van der Waals surface area contributed by atoms with E-state index in [4.69, 9.17) is 0 Å². The molecule has 0 saturated carbocycles. The lowest BCUT2D eigenvalue weighted by Crippen LogP contribution is -2.22. The molecule has 0 spiro atoms. The van der Waals surface area contributed by atoms with Crippen LogP contribution in [0, 0.1) is 0 Å². The fraction of sp³-hybridized carbons (Fsp3) is 0.300. The topological polar surface area (TPSA) is 46.2 Å². The van der Waals surface area contributed by atoms with Gasteiger partial charge in [-0.05, 0) is 12.1 Å². The van der Waals surface area contributed by atoms with Gasteiger partial charge in [0.05, 0.1) is 4.90 Å². The van der Waals surface area contributed by atoms with E-state index in [-0.39, 0.29) is 5.91 Å². The van der Waals surface area contributed by atoms with Crippen LogP contribution in [0.2, 0.25) is 0 Å². The fourth-order valence-corrected chi connectivity index (χ4v) is 1.52. The summed E-state index contributed by atoms with van der Waals surface area (Å²) in [6, 6.07) is 8.77. The van der Waals surface area contributed by atoms with Crippen molar-refractivity contribution in [1.29, 1.82) is 0 Å². The van der Waals surface area contributed by atoms with Crippen LogP contribution in [0.3, 0.4) is 0 Å². The van der Waals surface area contributed by atoms with Crippen LogP contribution in [0.4, 0.5) is 0 Å². The third kappa shape index (κ3) is 4.77. The fourth-order valence-electron chi connectivity index (χ4n) is 0.734. The molecule has 1 aromatic rings. The van der Waals surface area contributed by atoms with E-state index in [1.54, 1.807) is 24.3 Å². The van der Waals surface area contributed by atoms with Crippen LogP contribution >= 0.6 is 0 Å². The van der Waals surface area contributed by atoms with Crippen molar-refractivity contribution in [3.05, 3.63) is 30.3 Å². The Labute approximate surface area is 87.1 Å². The summed E-state index contributed by atoms with van der Waals surface area (Å²) >= 11 is 0. The quantitative estimate of drug-likeness (QED) is 0.815. The third-order valence-corrected chi connectivity index (χ3v) is 2.37. The Balaban J connectivity index is 0.000000791. The van der Waals surface area contributed by atoms with Gasteiger partial charge in [0.1, 0.15) is 0 Å². The molecule has 3 nitrogen and oxygen atoms in total. The monoisotopic (exact) mass is 213 g/mol. The summed E-state index contributed by atoms with van der Waals surface area (Å²) in [6.45, 7) is 5.33. The van der Waals surface area contributed by atoms with Gasteiger partial charge in [-0.25, -0.2) is 4.21 Å². The number of carbonyl (C=O) groups is 1. The molecular formula is C10H15NO2S. The Morgan fingerprint density at radius 1 is 1.21 bits per heavy atom. The minimum absolute atomic E-state index is 0.294. The van der Waals surface area contributed by atoms with Gasteiger partial charge in [0, 0.05) is 6.92 Å². The summed E-state index contributed by atoms with van der Waals surface area (Å²) in [5.74, 6) is -0.294. The molecule has 1 unspecified atom stereocenters. The van der Waals surface area contributed by atoms with Gasteiger partial charge in [0.25, 0.3) is 0 Å². The summed E-state index contributed by atoms with van der Waals surface area (Å²) < 4.78 is 13.5. The molecule has 4 heteroatoms. The van der Waals surface area contributed by atoms with Gasteiger partial charge >= 0.3 is 0 Å². The molecule has 1 atom stereocenters. The van der Waals surface area contributed by atoms with Crippen LogP contribution in [-0.4, -0.2) is 10.1 Å². The minimum atomic E-state index is -1.41. The van der Waals surface area contributed by atoms with E-state index in [1.807, 2.05) is 19.9 Å². The van der Waals surface area contributed by atoms with Crippen molar-refractivity contribution in [1.82, 2.24) is 4.72 Å². The Morgan fingerprint density at radius 3 is 2.14 bits per heavy atom. The van der Waals surface area contributed by atoms with Crippen molar-refractivity contribution in [2.75, 3.05) is 0 Å². The molecule has 0 bridgehead atoms. The maximum Gasteiger partial charge on any atom is 0.228 e. The molecule has 1 amide bonds. The van der Waals surface area contributed by atoms with Crippen LogP contribution < -0.4 is 4.72 Å². The van der Waals surface area contributed by atoms with Crippen molar-refractivity contribution in [3.8, 4) is 0 Å². The van der Waals surface area contributed by atoms with E-state index >= 15 is 0 Å². The van der Waals surface area contributed by atoms with Crippen LogP contribution in [0.1, 0.15) is 20.8 Å². The number of rotatable bonds is 2. The van der Waals surface area contributed by atoms with Gasteiger partial charge in [-0.15, -0.1) is 0 Å². The molecule has 0 heterocycles. The molecule has 1 N–H and O–H groups in total. The summed E-state index contributed by atoms with van der Waals surface area (Å²) in [6.07, 6.45) is 0. The maximum atomic E-state index is 11.2. The summed E-state index contributed by atoms with van der Waals surface area (Å²) in [7, 11) is -1.41. The van der Waals surface area contributed by atoms with E-state index in [2.05, 4.69) is 4.72 Å². The second kappa shape index (κ2) is 7.26. The van der Waals surface area contributed by atoms with Gasteiger partial charge < -0.3 is 0 Å². The highest BCUT2D eigenvalue weighted by Crippen LogP contribution is 2.01. The van der Waals surface area contributed by atoms with E-state index in [0.717, 1.165) is 0 Å².